The maximum atomic E-state index is 11.6. The summed E-state index contributed by atoms with van der Waals surface area (Å²) in [6.07, 6.45) is 7.77. The van der Waals surface area contributed by atoms with E-state index in [-0.39, 0.29) is 23.5 Å². The van der Waals surface area contributed by atoms with Crippen LogP contribution in [-0.2, 0) is 4.79 Å². The lowest BCUT2D eigenvalue weighted by atomic mass is 9.67. The van der Waals surface area contributed by atoms with Crippen molar-refractivity contribution in [2.75, 3.05) is 25.5 Å². The zero-order valence-electron chi connectivity index (χ0n) is 19.7. The lowest BCUT2D eigenvalue weighted by Gasteiger charge is -2.53. The largest absolute Gasteiger partial charge is 0.479 e. The van der Waals surface area contributed by atoms with Crippen molar-refractivity contribution >= 4 is 23.0 Å². The summed E-state index contributed by atoms with van der Waals surface area (Å²) < 4.78 is 17.4. The molecule has 1 amide bonds. The number of amides is 1. The Hall–Kier alpha value is -3.69. The van der Waals surface area contributed by atoms with E-state index in [1.807, 2.05) is 23.2 Å². The molecule has 10 nitrogen and oxygen atoms in total. The quantitative estimate of drug-likeness (QED) is 0.513. The van der Waals surface area contributed by atoms with Gasteiger partial charge in [-0.2, -0.15) is 10.1 Å². The molecule has 1 N–H and O–H groups in total. The average Bonchev–Trinajstić information content (AvgIpc) is 3.41. The second kappa shape index (κ2) is 7.43. The second-order valence-corrected chi connectivity index (χ2v) is 9.17. The molecule has 0 atom stereocenters. The number of anilines is 1. The van der Waals surface area contributed by atoms with Crippen molar-refractivity contribution in [2.45, 2.75) is 38.6 Å². The van der Waals surface area contributed by atoms with Crippen LogP contribution < -0.4 is 10.1 Å². The molecule has 0 aromatic carbocycles. The monoisotopic (exact) mass is 447 g/mol. The van der Waals surface area contributed by atoms with E-state index < -0.39 is 0 Å². The molecule has 10 heteroatoms. The van der Waals surface area contributed by atoms with Crippen molar-refractivity contribution in [3.05, 3.63) is 36.9 Å². The summed E-state index contributed by atoms with van der Waals surface area (Å²) in [4.78, 5) is 22.3. The van der Waals surface area contributed by atoms with Gasteiger partial charge < -0.3 is 15.0 Å². The molecule has 6 rings (SSSR count). The van der Waals surface area contributed by atoms with Crippen molar-refractivity contribution in [1.29, 1.82) is 0 Å². The Morgan fingerprint density at radius 2 is 2.06 bits per heavy atom. The van der Waals surface area contributed by atoms with Crippen molar-refractivity contribution in [2.24, 2.45) is 5.41 Å². The Morgan fingerprint density at radius 1 is 1.24 bits per heavy atom. The van der Waals surface area contributed by atoms with Gasteiger partial charge in [-0.15, -0.1) is 5.10 Å². The molecule has 1 spiro atoms. The number of hydrogen-bond acceptors (Lipinski definition) is 7. The van der Waals surface area contributed by atoms with E-state index in [1.54, 1.807) is 29.1 Å². The first-order chi connectivity index (χ1) is 16.4. The molecule has 1 saturated heterocycles. The highest BCUT2D eigenvalue weighted by Gasteiger charge is 2.46. The van der Waals surface area contributed by atoms with Crippen molar-refractivity contribution in [3.63, 3.8) is 0 Å². The predicted octanol–water partition coefficient (Wildman–Crippen LogP) is 2.65. The first-order valence-electron chi connectivity index (χ1n) is 11.7. The maximum absolute atomic E-state index is 11.6. The SMILES string of the molecule is [2H]c1cc(-c2ccc3ncnn3c2)c2c(OC)nc(NC3CCC4(CC3)CN(C(C)=O)C4)nn12. The van der Waals surface area contributed by atoms with E-state index in [0.29, 0.717) is 17.3 Å². The number of rotatable bonds is 4. The van der Waals surface area contributed by atoms with Gasteiger partial charge in [0.1, 0.15) is 11.8 Å². The maximum Gasteiger partial charge on any atom is 0.244 e. The van der Waals surface area contributed by atoms with Gasteiger partial charge in [0.05, 0.1) is 8.48 Å². The third-order valence-electron chi connectivity index (χ3n) is 7.06. The lowest BCUT2D eigenvalue weighted by Crippen LogP contribution is -2.59. The molecule has 0 radical (unpaired) electrons. The fourth-order valence-corrected chi connectivity index (χ4v) is 5.18. The van der Waals surface area contributed by atoms with Gasteiger partial charge in [0.2, 0.25) is 17.7 Å². The van der Waals surface area contributed by atoms with E-state index >= 15 is 0 Å². The molecule has 33 heavy (non-hydrogen) atoms. The number of hydrogen-bond donors (Lipinski definition) is 1. The Kier molecular flexibility index (Phi) is 4.24. The molecular formula is C23H26N8O2. The van der Waals surface area contributed by atoms with Crippen molar-refractivity contribution in [3.8, 4) is 17.0 Å². The molecule has 1 aliphatic carbocycles. The van der Waals surface area contributed by atoms with Crippen LogP contribution in [0.15, 0.2) is 36.9 Å². The first kappa shape index (κ1) is 18.8. The number of carbonyl (C=O) groups excluding carboxylic acids is 1. The van der Waals surface area contributed by atoms with Crippen LogP contribution in [0.5, 0.6) is 5.88 Å². The van der Waals surface area contributed by atoms with Gasteiger partial charge in [0.15, 0.2) is 5.65 Å². The van der Waals surface area contributed by atoms with Gasteiger partial charge >= 0.3 is 0 Å². The predicted molar refractivity (Wildman–Crippen MR) is 122 cm³/mol. The number of nitrogens with one attached hydrogen (secondary N) is 1. The molecule has 2 fully saturated rings. The van der Waals surface area contributed by atoms with Gasteiger partial charge in [-0.3, -0.25) is 4.79 Å². The van der Waals surface area contributed by atoms with E-state index in [2.05, 4.69) is 25.5 Å². The van der Waals surface area contributed by atoms with Crippen LogP contribution in [0.1, 0.15) is 34.0 Å². The lowest BCUT2D eigenvalue weighted by molar-refractivity contribution is -0.143. The molecule has 170 valence electrons. The standard InChI is InChI=1S/C23H26N8O2/c1-15(32)29-12-23(13-29)8-5-17(6-9-23)26-22-27-21(33-2)20-18(7-10-30(20)28-22)16-3-4-19-24-14-25-31(19)11-16/h3-4,7,10-11,14,17H,5-6,8-9,12-13H2,1-2H3,(H,26,28)/i10D. The summed E-state index contributed by atoms with van der Waals surface area (Å²) in [7, 11) is 1.58. The van der Waals surface area contributed by atoms with Crippen LogP contribution in [0.25, 0.3) is 22.3 Å². The topological polar surface area (TPSA) is 102 Å². The number of ether oxygens (including phenoxy) is 1. The molecule has 0 unspecified atom stereocenters. The van der Waals surface area contributed by atoms with Crippen LogP contribution in [0.4, 0.5) is 5.95 Å². The Morgan fingerprint density at radius 3 is 2.82 bits per heavy atom. The molecular weight excluding hydrogens is 420 g/mol. The summed E-state index contributed by atoms with van der Waals surface area (Å²) in [5.41, 5.74) is 3.33. The molecule has 1 saturated carbocycles. The molecule has 1 aliphatic heterocycles. The molecule has 2 aliphatic rings. The van der Waals surface area contributed by atoms with E-state index in [0.717, 1.165) is 55.5 Å². The molecule has 4 aromatic rings. The number of nitrogens with zero attached hydrogens (tertiary/aromatic N) is 7. The fourth-order valence-electron chi connectivity index (χ4n) is 5.18. The normalized spacial score (nSPS) is 18.5. The number of carbonyl (C=O) groups is 1. The number of aromatic nitrogens is 6. The third kappa shape index (κ3) is 3.37. The van der Waals surface area contributed by atoms with Crippen LogP contribution in [0.2, 0.25) is 0 Å². The molecule has 5 heterocycles. The summed E-state index contributed by atoms with van der Waals surface area (Å²) in [5.74, 6) is 1.03. The van der Waals surface area contributed by atoms with Gasteiger partial charge in [0.25, 0.3) is 0 Å². The second-order valence-electron chi connectivity index (χ2n) is 9.17. The summed E-state index contributed by atoms with van der Waals surface area (Å²) >= 11 is 0. The first-order valence-corrected chi connectivity index (χ1v) is 11.2. The summed E-state index contributed by atoms with van der Waals surface area (Å²) in [5, 5.41) is 12.3. The van der Waals surface area contributed by atoms with Crippen molar-refractivity contribution < 1.29 is 10.9 Å². The van der Waals surface area contributed by atoms with Gasteiger partial charge in [-0.25, -0.2) is 14.0 Å². The van der Waals surface area contributed by atoms with Gasteiger partial charge in [0, 0.05) is 55.0 Å². The highest BCUT2D eigenvalue weighted by atomic mass is 16.5. The fraction of sp³-hybridized carbons (Fsp3) is 0.435. The Bertz CT molecular complexity index is 1400. The van der Waals surface area contributed by atoms with Gasteiger partial charge in [-0.05, 0) is 43.9 Å². The van der Waals surface area contributed by atoms with Crippen LogP contribution in [-0.4, -0.2) is 66.2 Å². The van der Waals surface area contributed by atoms with Crippen LogP contribution >= 0.6 is 0 Å². The van der Waals surface area contributed by atoms with Gasteiger partial charge in [-0.1, -0.05) is 0 Å². The number of fused-ring (bicyclic) bond motifs is 2. The van der Waals surface area contributed by atoms with Crippen LogP contribution in [0.3, 0.4) is 0 Å². The Balaban J connectivity index is 1.26. The number of pyridine rings is 1. The smallest absolute Gasteiger partial charge is 0.244 e. The Labute approximate surface area is 192 Å². The van der Waals surface area contributed by atoms with Crippen molar-refractivity contribution in [1.82, 2.24) is 34.1 Å². The van der Waals surface area contributed by atoms with E-state index in [1.165, 1.54) is 6.33 Å². The minimum atomic E-state index is 0.165. The minimum absolute atomic E-state index is 0.165. The van der Waals surface area contributed by atoms with E-state index in [4.69, 9.17) is 6.11 Å². The summed E-state index contributed by atoms with van der Waals surface area (Å²) in [6, 6.07) is 5.83. The molecule has 0 bridgehead atoms. The minimum Gasteiger partial charge on any atom is -0.479 e. The average molecular weight is 448 g/mol. The zero-order valence-corrected chi connectivity index (χ0v) is 18.7. The highest BCUT2D eigenvalue weighted by Crippen LogP contribution is 2.44. The molecule has 4 aromatic heterocycles. The number of methoxy groups -OCH3 is 1. The number of likely N-dealkylation sites (tertiary alicyclic amines) is 1. The zero-order chi connectivity index (χ0) is 23.4. The van der Waals surface area contributed by atoms with E-state index in [9.17, 15) is 4.79 Å². The van der Waals surface area contributed by atoms with Crippen LogP contribution in [0, 0.1) is 5.41 Å². The summed E-state index contributed by atoms with van der Waals surface area (Å²) in [6.45, 7) is 3.39. The highest BCUT2D eigenvalue weighted by molar-refractivity contribution is 5.84. The third-order valence-corrected chi connectivity index (χ3v) is 7.06.